The average Bonchev–Trinajstić information content (AvgIpc) is 2.69. The Morgan fingerprint density at radius 3 is 2.53 bits per heavy atom. The van der Waals surface area contributed by atoms with Gasteiger partial charge in [0.25, 0.3) is 0 Å². The van der Waals surface area contributed by atoms with Crippen LogP contribution in [0.5, 0.6) is 0 Å². The van der Waals surface area contributed by atoms with Crippen molar-refractivity contribution < 1.29 is 0 Å². The van der Waals surface area contributed by atoms with Crippen LogP contribution in [0.2, 0.25) is 0 Å². The summed E-state index contributed by atoms with van der Waals surface area (Å²) in [5.74, 6) is 0. The van der Waals surface area contributed by atoms with Crippen LogP contribution < -0.4 is 0 Å². The van der Waals surface area contributed by atoms with Crippen LogP contribution in [0, 0.1) is 0 Å². The highest BCUT2D eigenvalue weighted by Gasteiger charge is 2.22. The van der Waals surface area contributed by atoms with Gasteiger partial charge in [0.1, 0.15) is 0 Å². The van der Waals surface area contributed by atoms with Crippen molar-refractivity contribution in [2.75, 3.05) is 13.1 Å². The van der Waals surface area contributed by atoms with Crippen LogP contribution in [0.4, 0.5) is 0 Å². The third-order valence-electron chi connectivity index (χ3n) is 3.69. The molecule has 1 saturated heterocycles. The van der Waals surface area contributed by atoms with Crippen LogP contribution in [-0.4, -0.2) is 24.0 Å². The molecule has 1 nitrogen and oxygen atoms in total. The number of unbranched alkanes of at least 4 members (excludes halogenated alkanes) is 4. The van der Waals surface area contributed by atoms with Crippen molar-refractivity contribution in [3.63, 3.8) is 0 Å². The molecular formula is C14H29N. The summed E-state index contributed by atoms with van der Waals surface area (Å²) in [4.78, 5) is 2.76. The lowest BCUT2D eigenvalue weighted by atomic mass is 10.1. The fourth-order valence-corrected chi connectivity index (χ4v) is 2.70. The first-order chi connectivity index (χ1) is 7.38. The molecule has 0 bridgehead atoms. The van der Waals surface area contributed by atoms with Crippen LogP contribution in [0.1, 0.15) is 71.6 Å². The lowest BCUT2D eigenvalue weighted by Gasteiger charge is -2.24. The maximum absolute atomic E-state index is 2.76. The second kappa shape index (κ2) is 8.15. The Balaban J connectivity index is 2.09. The summed E-state index contributed by atoms with van der Waals surface area (Å²) < 4.78 is 0. The van der Waals surface area contributed by atoms with Crippen molar-refractivity contribution >= 4 is 0 Å². The summed E-state index contributed by atoms with van der Waals surface area (Å²) in [5, 5.41) is 0. The standard InChI is InChI=1S/C14H29N/c1-3-5-7-8-12-15-13-9-11-14(15)10-6-4-2/h14H,3-13H2,1-2H3. The third-order valence-corrected chi connectivity index (χ3v) is 3.69. The van der Waals surface area contributed by atoms with E-state index in [1.165, 1.54) is 70.9 Å². The fraction of sp³-hybridized carbons (Fsp3) is 1.00. The van der Waals surface area contributed by atoms with Gasteiger partial charge >= 0.3 is 0 Å². The van der Waals surface area contributed by atoms with Crippen LogP contribution in [0.25, 0.3) is 0 Å². The normalized spacial score (nSPS) is 22.4. The van der Waals surface area contributed by atoms with Gasteiger partial charge in [-0.25, -0.2) is 0 Å². The molecule has 0 aliphatic carbocycles. The predicted molar refractivity (Wildman–Crippen MR) is 68.3 cm³/mol. The Morgan fingerprint density at radius 2 is 1.80 bits per heavy atom. The quantitative estimate of drug-likeness (QED) is 0.543. The molecule has 1 atom stereocenters. The lowest BCUT2D eigenvalue weighted by molar-refractivity contribution is 0.234. The van der Waals surface area contributed by atoms with Gasteiger partial charge in [0.05, 0.1) is 0 Å². The second-order valence-corrected chi connectivity index (χ2v) is 5.03. The van der Waals surface area contributed by atoms with Gasteiger partial charge in [0, 0.05) is 6.04 Å². The Labute approximate surface area is 96.2 Å². The summed E-state index contributed by atoms with van der Waals surface area (Å²) in [5.41, 5.74) is 0. The molecule has 0 saturated carbocycles. The van der Waals surface area contributed by atoms with Crippen LogP contribution in [0.3, 0.4) is 0 Å². The molecule has 0 radical (unpaired) electrons. The highest BCUT2D eigenvalue weighted by molar-refractivity contribution is 4.78. The second-order valence-electron chi connectivity index (χ2n) is 5.03. The Morgan fingerprint density at radius 1 is 1.00 bits per heavy atom. The summed E-state index contributed by atoms with van der Waals surface area (Å²) >= 11 is 0. The molecular weight excluding hydrogens is 182 g/mol. The average molecular weight is 211 g/mol. The van der Waals surface area contributed by atoms with E-state index in [9.17, 15) is 0 Å². The van der Waals surface area contributed by atoms with E-state index < -0.39 is 0 Å². The molecule has 90 valence electrons. The van der Waals surface area contributed by atoms with Gasteiger partial charge < -0.3 is 4.90 Å². The van der Waals surface area contributed by atoms with E-state index in [2.05, 4.69) is 18.7 Å². The van der Waals surface area contributed by atoms with Crippen LogP contribution in [-0.2, 0) is 0 Å². The molecule has 0 spiro atoms. The zero-order chi connectivity index (χ0) is 10.9. The van der Waals surface area contributed by atoms with E-state index in [-0.39, 0.29) is 0 Å². The number of nitrogens with zero attached hydrogens (tertiary/aromatic N) is 1. The van der Waals surface area contributed by atoms with Crippen LogP contribution in [0.15, 0.2) is 0 Å². The SMILES string of the molecule is CCCCCCN1CCCC1CCCC. The minimum atomic E-state index is 0.937. The highest BCUT2D eigenvalue weighted by atomic mass is 15.2. The molecule has 1 aliphatic heterocycles. The fourth-order valence-electron chi connectivity index (χ4n) is 2.70. The first-order valence-electron chi connectivity index (χ1n) is 7.12. The molecule has 0 aromatic heterocycles. The van der Waals surface area contributed by atoms with Crippen molar-refractivity contribution in [3.8, 4) is 0 Å². The maximum atomic E-state index is 2.76. The third kappa shape index (κ3) is 5.01. The summed E-state index contributed by atoms with van der Waals surface area (Å²) in [7, 11) is 0. The van der Waals surface area contributed by atoms with Crippen molar-refractivity contribution in [2.24, 2.45) is 0 Å². The van der Waals surface area contributed by atoms with Gasteiger partial charge in [-0.3, -0.25) is 0 Å². The van der Waals surface area contributed by atoms with E-state index in [0.717, 1.165) is 6.04 Å². The van der Waals surface area contributed by atoms with Crippen LogP contribution >= 0.6 is 0 Å². The summed E-state index contributed by atoms with van der Waals surface area (Å²) in [6.07, 6.45) is 12.8. The Hall–Kier alpha value is -0.0400. The molecule has 0 amide bonds. The lowest BCUT2D eigenvalue weighted by Crippen LogP contribution is -2.30. The first kappa shape index (κ1) is 13.0. The van der Waals surface area contributed by atoms with Crippen molar-refractivity contribution in [2.45, 2.75) is 77.7 Å². The number of likely N-dealkylation sites (tertiary alicyclic amines) is 1. The Kier molecular flexibility index (Phi) is 7.08. The maximum Gasteiger partial charge on any atom is 0.00957 e. The van der Waals surface area contributed by atoms with Gasteiger partial charge in [0.2, 0.25) is 0 Å². The molecule has 1 unspecified atom stereocenters. The van der Waals surface area contributed by atoms with Crippen molar-refractivity contribution in [1.82, 2.24) is 4.90 Å². The largest absolute Gasteiger partial charge is 0.300 e. The monoisotopic (exact) mass is 211 g/mol. The molecule has 15 heavy (non-hydrogen) atoms. The molecule has 1 rings (SSSR count). The van der Waals surface area contributed by atoms with Gasteiger partial charge in [0.15, 0.2) is 0 Å². The topological polar surface area (TPSA) is 3.24 Å². The number of hydrogen-bond acceptors (Lipinski definition) is 1. The van der Waals surface area contributed by atoms with Gasteiger partial charge in [-0.05, 0) is 38.8 Å². The van der Waals surface area contributed by atoms with Crippen molar-refractivity contribution in [1.29, 1.82) is 0 Å². The molecule has 0 aromatic carbocycles. The molecule has 0 aromatic rings. The van der Waals surface area contributed by atoms with E-state index in [1.807, 2.05) is 0 Å². The zero-order valence-corrected chi connectivity index (χ0v) is 10.8. The minimum absolute atomic E-state index is 0.937. The van der Waals surface area contributed by atoms with E-state index >= 15 is 0 Å². The Bertz CT molecular complexity index is 144. The van der Waals surface area contributed by atoms with Gasteiger partial charge in [-0.1, -0.05) is 46.0 Å². The minimum Gasteiger partial charge on any atom is -0.300 e. The number of rotatable bonds is 8. The number of hydrogen-bond donors (Lipinski definition) is 0. The van der Waals surface area contributed by atoms with Crippen molar-refractivity contribution in [3.05, 3.63) is 0 Å². The molecule has 1 heterocycles. The molecule has 1 fully saturated rings. The van der Waals surface area contributed by atoms with E-state index in [0.29, 0.717) is 0 Å². The zero-order valence-electron chi connectivity index (χ0n) is 10.8. The molecule has 1 heteroatoms. The summed E-state index contributed by atoms with van der Waals surface area (Å²) in [6, 6.07) is 0.937. The molecule has 1 aliphatic rings. The van der Waals surface area contributed by atoms with E-state index in [1.54, 1.807) is 0 Å². The highest BCUT2D eigenvalue weighted by Crippen LogP contribution is 2.22. The van der Waals surface area contributed by atoms with Gasteiger partial charge in [-0.2, -0.15) is 0 Å². The smallest absolute Gasteiger partial charge is 0.00957 e. The summed E-state index contributed by atoms with van der Waals surface area (Å²) in [6.45, 7) is 7.34. The molecule has 0 N–H and O–H groups in total. The van der Waals surface area contributed by atoms with E-state index in [4.69, 9.17) is 0 Å². The predicted octanol–water partition coefficient (Wildman–Crippen LogP) is 4.22. The first-order valence-corrected chi connectivity index (χ1v) is 7.12. The van der Waals surface area contributed by atoms with Gasteiger partial charge in [-0.15, -0.1) is 0 Å².